The number of hydrogen-bond acceptors (Lipinski definition) is 34. The molecule has 10 rings (SSSR count). The van der Waals surface area contributed by atoms with Crippen molar-refractivity contribution >= 4 is 82.9 Å². The number of nitrogens with zero attached hydrogens (tertiary/aromatic N) is 4. The third kappa shape index (κ3) is 29.2. The first-order chi connectivity index (χ1) is 63.1. The maximum absolute atomic E-state index is 15.3. The molecule has 2 aromatic carbocycles. The first-order valence-electron chi connectivity index (χ1n) is 46.1. The fourth-order valence-corrected chi connectivity index (χ4v) is 19.2. The molecule has 1 aromatic heterocycles. The van der Waals surface area contributed by atoms with Crippen LogP contribution in [0.4, 0.5) is 5.69 Å². The Kier molecular flexibility index (Phi) is 47.5. The van der Waals surface area contributed by atoms with Crippen LogP contribution >= 0.6 is 12.6 Å². The van der Waals surface area contributed by atoms with Crippen molar-refractivity contribution in [3.63, 3.8) is 0 Å². The molecule has 12 N–H and O–H groups in total. The lowest BCUT2D eigenvalue weighted by Gasteiger charge is -2.61. The quantitative estimate of drug-likeness (QED) is 0.00914. The molecule has 7 aliphatic rings. The lowest BCUT2D eigenvalue weighted by atomic mass is 9.48. The number of carbonyl (C=O) groups excluding carboxylic acids is 9. The minimum absolute atomic E-state index is 0.0360. The van der Waals surface area contributed by atoms with Gasteiger partial charge in [0.1, 0.15) is 38.0 Å². The van der Waals surface area contributed by atoms with Gasteiger partial charge in [-0.25, -0.2) is 4.79 Å². The molecule has 3 saturated heterocycles. The van der Waals surface area contributed by atoms with E-state index in [1.165, 1.54) is 57.6 Å². The van der Waals surface area contributed by atoms with Gasteiger partial charge in [0.2, 0.25) is 11.8 Å². The zero-order chi connectivity index (χ0) is 97.7. The monoisotopic (exact) mass is 1890 g/mol. The molecular formula is C93H147N7O31S. The van der Waals surface area contributed by atoms with Crippen LogP contribution in [0.1, 0.15) is 205 Å². The van der Waals surface area contributed by atoms with E-state index in [4.69, 9.17) is 92.0 Å². The molecule has 39 heteroatoms. The highest BCUT2D eigenvalue weighted by molar-refractivity contribution is 7.80. The molecule has 7 heterocycles. The number of amides is 3. The standard InChI is InChI=1S/C59H82N6O12.C14H27NO6S.C12H22O7.C7H16O4.CO2/c1-8-39(33-66)77-48(74-7)34-76-47(68)19-13-18-46(67)60-37(5)50(69)75-27-15-24-64-54(71)59(73)52-58(22-26-63-23-14-21-57(10-3,51(58)63)53(59)70)43-29-42(36(4)28-45(43)65(52)64)55(6)30-38-31-56(72,9-2)35-62(32-38)25-20-41-40-16-11-12-17-44(40)61-49(41)55;1-3-11(9-16)21-14(19-2)10-20-13(18)6-4-5-12(17)15-7-8-22;1-3-9(7-13)19-12(17-2)8-18-11(16)6-4-5-10(14)15;1-3-6(4-8)11-7(5-9)10-2;2-1-3/h11-12,14,16-17,21,28-29,37-39,48,51-53,61,66,70,72-73H,8-10,13,15,18-20,22-27,30-35H2,1-7H3,(H,60,67);11,14,16,22H,3-10H2,1-2H3,(H,15,17);9,12-13H,3-8H2,1-2H3,(H,14,15);6-9H,3-5H2,1-2H3;/t37?,38-,39?,48?,51?,52?,53+,55+,56?,57+,58?,59-;;;;/m0..../s1. The number of piperidine rings is 1. The van der Waals surface area contributed by atoms with Gasteiger partial charge in [0.15, 0.2) is 30.8 Å². The molecule has 1 aliphatic carbocycles. The summed E-state index contributed by atoms with van der Waals surface area (Å²) in [7, 11) is 5.71. The van der Waals surface area contributed by atoms with Gasteiger partial charge in [-0.05, 0) is 151 Å². The molecule has 3 amide bonds. The number of aliphatic hydroxyl groups is 8. The fraction of sp³-hybridized carbons (Fsp3) is 0.731. The third-order valence-electron chi connectivity index (χ3n) is 25.9. The first-order valence-corrected chi connectivity index (χ1v) is 46.7. The minimum atomic E-state index is -2.18. The Morgan fingerprint density at radius 3 is 1.67 bits per heavy atom. The van der Waals surface area contributed by atoms with Crippen molar-refractivity contribution in [3.05, 3.63) is 76.5 Å². The molecule has 2 bridgehead atoms. The van der Waals surface area contributed by atoms with Gasteiger partial charge in [0, 0.05) is 157 Å². The van der Waals surface area contributed by atoms with E-state index in [1.807, 2.05) is 39.6 Å². The van der Waals surface area contributed by atoms with Gasteiger partial charge in [0.25, 0.3) is 5.91 Å². The van der Waals surface area contributed by atoms with E-state index in [0.717, 1.165) is 54.8 Å². The van der Waals surface area contributed by atoms with Crippen molar-refractivity contribution in [2.45, 2.75) is 287 Å². The number of aryl methyl sites for hydroxylation is 1. The number of carboxylic acid groups (broad SMARTS) is 1. The predicted molar refractivity (Wildman–Crippen MR) is 483 cm³/mol. The first kappa shape index (κ1) is 113. The number of anilines is 1. The number of rotatable bonds is 50. The number of H-pyrrole nitrogens is 1. The number of hydrazine groups is 1. The van der Waals surface area contributed by atoms with Crippen LogP contribution in [0.25, 0.3) is 10.9 Å². The Balaban J connectivity index is 0.000000394. The highest BCUT2D eigenvalue weighted by atomic mass is 32.1. The molecule has 1 saturated carbocycles. The van der Waals surface area contributed by atoms with Crippen LogP contribution in [-0.4, -0.2) is 344 Å². The van der Waals surface area contributed by atoms with Crippen molar-refractivity contribution in [1.82, 2.24) is 30.4 Å². The zero-order valence-corrected chi connectivity index (χ0v) is 79.9. The molecule has 132 heavy (non-hydrogen) atoms. The number of aromatic nitrogens is 1. The van der Waals surface area contributed by atoms with Crippen molar-refractivity contribution in [3.8, 4) is 0 Å². The Bertz CT molecular complexity index is 4150. The highest BCUT2D eigenvalue weighted by Gasteiger charge is 2.83. The third-order valence-corrected chi connectivity index (χ3v) is 26.1. The second kappa shape index (κ2) is 55.5. The largest absolute Gasteiger partial charge is 0.481 e. The molecule has 19 atom stereocenters. The second-order valence-electron chi connectivity index (χ2n) is 34.5. The van der Waals surface area contributed by atoms with E-state index < -0.39 is 119 Å². The Hall–Kier alpha value is -7.71. The number of benzene rings is 2. The maximum Gasteiger partial charge on any atom is 0.373 e. The Morgan fingerprint density at radius 1 is 0.652 bits per heavy atom. The smallest absolute Gasteiger partial charge is 0.373 e. The number of nitrogens with one attached hydrogen (secondary N) is 3. The number of methoxy groups -OCH3 is 4. The molecule has 3 aromatic rings. The predicted octanol–water partition coefficient (Wildman–Crippen LogP) is 4.64. The summed E-state index contributed by atoms with van der Waals surface area (Å²) in [5, 5.41) is 102. The minimum Gasteiger partial charge on any atom is -0.481 e. The number of fused-ring (bicyclic) bond motifs is 7. The number of ether oxygens (including phenoxy) is 12. The summed E-state index contributed by atoms with van der Waals surface area (Å²) in [6.07, 6.45) is 6.77. The van der Waals surface area contributed by atoms with E-state index in [-0.39, 0.29) is 166 Å². The molecule has 6 aliphatic heterocycles. The highest BCUT2D eigenvalue weighted by Crippen LogP contribution is 2.70. The Labute approximate surface area is 779 Å². The lowest BCUT2D eigenvalue weighted by molar-refractivity contribution is -0.195. The molecule has 38 nitrogen and oxygen atoms in total. The van der Waals surface area contributed by atoms with E-state index in [1.54, 1.807) is 5.01 Å². The number of para-hydroxylation sites is 1. The van der Waals surface area contributed by atoms with Crippen molar-refractivity contribution in [1.29, 1.82) is 0 Å². The van der Waals surface area contributed by atoms with Crippen LogP contribution in [0.15, 0.2) is 48.6 Å². The summed E-state index contributed by atoms with van der Waals surface area (Å²) < 4.78 is 62.3. The van der Waals surface area contributed by atoms with Crippen molar-refractivity contribution < 1.29 is 151 Å². The normalized spacial score (nSPS) is 25.0. The van der Waals surface area contributed by atoms with E-state index in [2.05, 4.69) is 107 Å². The number of aliphatic hydroxyl groups excluding tert-OH is 6. The van der Waals surface area contributed by atoms with Crippen molar-refractivity contribution in [2.75, 3.05) is 144 Å². The summed E-state index contributed by atoms with van der Waals surface area (Å²) in [5.74, 6) is -3.39. The van der Waals surface area contributed by atoms with Gasteiger partial charge >= 0.3 is 36.0 Å². The molecule has 0 radical (unpaired) electrons. The summed E-state index contributed by atoms with van der Waals surface area (Å²) in [4.78, 5) is 123. The summed E-state index contributed by atoms with van der Waals surface area (Å²) in [6, 6.07) is 11.2. The van der Waals surface area contributed by atoms with Crippen LogP contribution in [-0.2, 0) is 122 Å². The molecule has 14 unspecified atom stereocenters. The summed E-state index contributed by atoms with van der Waals surface area (Å²) in [5.41, 5.74) is 2.54. The number of aliphatic carboxylic acids is 1. The van der Waals surface area contributed by atoms with E-state index in [9.17, 15) is 54.0 Å². The van der Waals surface area contributed by atoms with Crippen molar-refractivity contribution in [2.24, 2.45) is 11.3 Å². The van der Waals surface area contributed by atoms with Crippen LogP contribution in [0.2, 0.25) is 0 Å². The van der Waals surface area contributed by atoms with Gasteiger partial charge in [-0.2, -0.15) is 22.2 Å². The summed E-state index contributed by atoms with van der Waals surface area (Å²) in [6.45, 7) is 21.0. The van der Waals surface area contributed by atoms with E-state index in [0.29, 0.717) is 83.2 Å². The second-order valence-corrected chi connectivity index (χ2v) is 35.0. The Morgan fingerprint density at radius 2 is 1.17 bits per heavy atom. The van der Waals surface area contributed by atoms with Gasteiger partial charge in [-0.3, -0.25) is 53.4 Å². The van der Waals surface area contributed by atoms with Gasteiger partial charge < -0.3 is 118 Å². The number of aromatic amines is 1. The average molecular weight is 1890 g/mol. The fourth-order valence-electron chi connectivity index (χ4n) is 19.1. The number of thiol groups is 1. The zero-order valence-electron chi connectivity index (χ0n) is 79.0. The molecule has 746 valence electrons. The topological polar surface area (TPSA) is 516 Å². The van der Waals surface area contributed by atoms with Crippen LogP contribution < -0.4 is 15.6 Å². The summed E-state index contributed by atoms with van der Waals surface area (Å²) >= 11 is 3.98. The number of carbonyl (C=O) groups is 8. The van der Waals surface area contributed by atoms with Gasteiger partial charge in [-0.1, -0.05) is 78.0 Å². The average Bonchev–Trinajstić information content (AvgIpc) is 1.46. The van der Waals surface area contributed by atoms with Crippen LogP contribution in [0.5, 0.6) is 0 Å². The number of esters is 4. The number of carboxylic acids is 1. The molecule has 1 spiro atoms. The van der Waals surface area contributed by atoms with E-state index >= 15 is 4.79 Å². The van der Waals surface area contributed by atoms with Crippen LogP contribution in [0, 0.1) is 18.3 Å². The maximum atomic E-state index is 15.3. The van der Waals surface area contributed by atoms with Gasteiger partial charge in [-0.15, -0.1) is 0 Å². The molecular weight excluding hydrogens is 1740 g/mol. The van der Waals surface area contributed by atoms with Crippen LogP contribution in [0.3, 0.4) is 0 Å². The lowest BCUT2D eigenvalue weighted by Crippen LogP contribution is -2.78. The molecule has 4 fully saturated rings. The van der Waals surface area contributed by atoms with Gasteiger partial charge in [0.05, 0.1) is 75.3 Å². The SMILES string of the molecule is CCC(CO)OC(CO)OC.CCC(CO)OC(COC(=O)CCCC(=O)NC(C)C(=O)OCCCN1C(=O)[C@]2(O)C3N1c1cc(C)c([C@@]4(C)C[C@@H]5CN(CCc6c4[nH]c4ccccc64)CC(O)(CC)C5)cc1C31CCN3CC=C[C@](CC)(C31)[C@H]2O)OC.CCC(CO)OC(COC(=O)CCCC(=O)NCCS)OC.CCC(CO)OC(COC(=O)CCCC(=O)O)OC.O=C=O. The number of hydrogen-bond donors (Lipinski definition) is 13.